The number of rotatable bonds is 4. The smallest absolute Gasteiger partial charge is 0.410 e. The van der Waals surface area contributed by atoms with Gasteiger partial charge in [0, 0.05) is 25.7 Å². The zero-order chi connectivity index (χ0) is 14.4. The molecule has 0 aliphatic carbocycles. The molecule has 1 heterocycles. The van der Waals surface area contributed by atoms with Crippen LogP contribution >= 0.6 is 12.4 Å². The fourth-order valence-corrected chi connectivity index (χ4v) is 2.56. The van der Waals surface area contributed by atoms with E-state index in [1.807, 2.05) is 35.2 Å². The van der Waals surface area contributed by atoms with E-state index in [0.29, 0.717) is 12.5 Å². The average molecular weight is 313 g/mol. The molecule has 1 aliphatic heterocycles. The molecule has 0 unspecified atom stereocenters. The predicted octanol–water partition coefficient (Wildman–Crippen LogP) is 3.06. The lowest BCUT2D eigenvalue weighted by Crippen LogP contribution is -2.54. The molecule has 1 amide bonds. The molecule has 0 bridgehead atoms. The van der Waals surface area contributed by atoms with Gasteiger partial charge in [-0.2, -0.15) is 0 Å². The second-order valence-corrected chi connectivity index (χ2v) is 5.72. The number of hydrogen-bond acceptors (Lipinski definition) is 3. The van der Waals surface area contributed by atoms with Gasteiger partial charge in [-0.3, -0.25) is 0 Å². The van der Waals surface area contributed by atoms with Crippen LogP contribution in [0, 0.1) is 5.92 Å². The highest BCUT2D eigenvalue weighted by Crippen LogP contribution is 2.15. The van der Waals surface area contributed by atoms with Crippen LogP contribution in [0.2, 0.25) is 0 Å². The van der Waals surface area contributed by atoms with Gasteiger partial charge in [0.15, 0.2) is 0 Å². The minimum Gasteiger partial charge on any atom is -0.445 e. The molecule has 1 aromatic rings. The first-order valence-electron chi connectivity index (χ1n) is 7.35. The van der Waals surface area contributed by atoms with Gasteiger partial charge in [0.05, 0.1) is 0 Å². The third-order valence-electron chi connectivity index (χ3n) is 3.53. The number of ether oxygens (including phenoxy) is 1. The van der Waals surface area contributed by atoms with Crippen molar-refractivity contribution in [1.82, 2.24) is 10.2 Å². The SMILES string of the molecule is CC(C)C[C@H]1CNCCN1C(=O)OCc1ccccc1.Cl. The third-order valence-corrected chi connectivity index (χ3v) is 3.53. The zero-order valence-corrected chi connectivity index (χ0v) is 13.6. The van der Waals surface area contributed by atoms with Crippen molar-refractivity contribution in [3.05, 3.63) is 35.9 Å². The molecule has 1 aliphatic rings. The molecular weight excluding hydrogens is 288 g/mol. The first-order valence-corrected chi connectivity index (χ1v) is 7.35. The fraction of sp³-hybridized carbons (Fsp3) is 0.562. The minimum absolute atomic E-state index is 0. The molecular formula is C16H25ClN2O2. The Bertz CT molecular complexity index is 426. The molecule has 2 rings (SSSR count). The number of nitrogens with zero attached hydrogens (tertiary/aromatic N) is 1. The molecule has 5 heteroatoms. The highest BCUT2D eigenvalue weighted by molar-refractivity contribution is 5.85. The molecule has 1 saturated heterocycles. The van der Waals surface area contributed by atoms with Gasteiger partial charge in [0.25, 0.3) is 0 Å². The monoisotopic (exact) mass is 312 g/mol. The Hall–Kier alpha value is -1.26. The first-order chi connectivity index (χ1) is 9.66. The lowest BCUT2D eigenvalue weighted by Gasteiger charge is -2.36. The van der Waals surface area contributed by atoms with Gasteiger partial charge >= 0.3 is 6.09 Å². The van der Waals surface area contributed by atoms with Crippen LogP contribution in [0.1, 0.15) is 25.8 Å². The summed E-state index contributed by atoms with van der Waals surface area (Å²) in [5, 5.41) is 3.35. The number of carbonyl (C=O) groups is 1. The van der Waals surface area contributed by atoms with Crippen LogP contribution in [0.4, 0.5) is 4.79 Å². The van der Waals surface area contributed by atoms with E-state index in [0.717, 1.165) is 31.6 Å². The molecule has 0 spiro atoms. The van der Waals surface area contributed by atoms with Crippen LogP contribution in [0.5, 0.6) is 0 Å². The van der Waals surface area contributed by atoms with Crippen LogP contribution in [-0.4, -0.2) is 36.7 Å². The average Bonchev–Trinajstić information content (AvgIpc) is 2.46. The zero-order valence-electron chi connectivity index (χ0n) is 12.7. The second kappa shape index (κ2) is 8.90. The lowest BCUT2D eigenvalue weighted by molar-refractivity contribution is 0.0674. The highest BCUT2D eigenvalue weighted by atomic mass is 35.5. The van der Waals surface area contributed by atoms with E-state index in [1.54, 1.807) is 0 Å². The van der Waals surface area contributed by atoms with Gasteiger partial charge in [0.1, 0.15) is 6.61 Å². The van der Waals surface area contributed by atoms with Crippen molar-refractivity contribution >= 4 is 18.5 Å². The van der Waals surface area contributed by atoms with Crippen LogP contribution in [0.25, 0.3) is 0 Å². The van der Waals surface area contributed by atoms with Crippen molar-refractivity contribution in [3.63, 3.8) is 0 Å². The summed E-state index contributed by atoms with van der Waals surface area (Å²) >= 11 is 0. The lowest BCUT2D eigenvalue weighted by atomic mass is 10.0. The van der Waals surface area contributed by atoms with E-state index in [2.05, 4.69) is 19.2 Å². The molecule has 1 atom stereocenters. The molecule has 0 saturated carbocycles. The van der Waals surface area contributed by atoms with E-state index in [9.17, 15) is 4.79 Å². The van der Waals surface area contributed by atoms with Crippen molar-refractivity contribution in [2.75, 3.05) is 19.6 Å². The summed E-state index contributed by atoms with van der Waals surface area (Å²) in [7, 11) is 0. The maximum Gasteiger partial charge on any atom is 0.410 e. The molecule has 1 fully saturated rings. The Labute approximate surface area is 133 Å². The maximum atomic E-state index is 12.2. The first kappa shape index (κ1) is 17.8. The van der Waals surface area contributed by atoms with Gasteiger partial charge in [0.2, 0.25) is 0 Å². The van der Waals surface area contributed by atoms with E-state index >= 15 is 0 Å². The Morgan fingerprint density at radius 3 is 2.76 bits per heavy atom. The highest BCUT2D eigenvalue weighted by Gasteiger charge is 2.28. The van der Waals surface area contributed by atoms with E-state index < -0.39 is 0 Å². The summed E-state index contributed by atoms with van der Waals surface area (Å²) in [6, 6.07) is 10.0. The maximum absolute atomic E-state index is 12.2. The van der Waals surface area contributed by atoms with E-state index in [-0.39, 0.29) is 24.5 Å². The summed E-state index contributed by atoms with van der Waals surface area (Å²) in [6.07, 6.45) is 0.814. The molecule has 21 heavy (non-hydrogen) atoms. The summed E-state index contributed by atoms with van der Waals surface area (Å²) in [4.78, 5) is 14.1. The van der Waals surface area contributed by atoms with Crippen molar-refractivity contribution in [1.29, 1.82) is 0 Å². The Kier molecular flexibility index (Phi) is 7.54. The van der Waals surface area contributed by atoms with Crippen LogP contribution < -0.4 is 5.32 Å². The molecule has 1 N–H and O–H groups in total. The van der Waals surface area contributed by atoms with Gasteiger partial charge < -0.3 is 15.0 Å². The van der Waals surface area contributed by atoms with Crippen molar-refractivity contribution in [2.45, 2.75) is 32.9 Å². The molecule has 0 radical (unpaired) electrons. The van der Waals surface area contributed by atoms with E-state index in [1.165, 1.54) is 0 Å². The van der Waals surface area contributed by atoms with Gasteiger partial charge in [-0.25, -0.2) is 4.79 Å². The number of amides is 1. The quantitative estimate of drug-likeness (QED) is 0.929. The summed E-state index contributed by atoms with van der Waals surface area (Å²) in [5.74, 6) is 0.573. The predicted molar refractivity (Wildman–Crippen MR) is 86.7 cm³/mol. The van der Waals surface area contributed by atoms with Crippen LogP contribution in [0.3, 0.4) is 0 Å². The Balaban J connectivity index is 0.00000220. The fourth-order valence-electron chi connectivity index (χ4n) is 2.56. The van der Waals surface area contributed by atoms with Gasteiger partial charge in [-0.1, -0.05) is 44.2 Å². The topological polar surface area (TPSA) is 41.6 Å². The molecule has 0 aromatic heterocycles. The van der Waals surface area contributed by atoms with Crippen molar-refractivity contribution in [3.8, 4) is 0 Å². The van der Waals surface area contributed by atoms with E-state index in [4.69, 9.17) is 4.74 Å². The summed E-state index contributed by atoms with van der Waals surface area (Å²) < 4.78 is 5.44. The normalized spacial score (nSPS) is 18.2. The molecule has 1 aromatic carbocycles. The van der Waals surface area contributed by atoms with Crippen molar-refractivity contribution in [2.24, 2.45) is 5.92 Å². The Morgan fingerprint density at radius 1 is 1.38 bits per heavy atom. The number of piperazine rings is 1. The standard InChI is InChI=1S/C16H24N2O2.ClH/c1-13(2)10-15-11-17-8-9-18(15)16(19)20-12-14-6-4-3-5-7-14;/h3-7,13,15,17H,8-12H2,1-2H3;1H/t15-;/m0./s1. The second-order valence-electron chi connectivity index (χ2n) is 5.72. The number of carbonyl (C=O) groups excluding carboxylic acids is 1. The third kappa shape index (κ3) is 5.56. The van der Waals surface area contributed by atoms with Crippen molar-refractivity contribution < 1.29 is 9.53 Å². The summed E-state index contributed by atoms with van der Waals surface area (Å²) in [5.41, 5.74) is 1.02. The summed E-state index contributed by atoms with van der Waals surface area (Å²) in [6.45, 7) is 7.14. The Morgan fingerprint density at radius 2 is 2.10 bits per heavy atom. The van der Waals surface area contributed by atoms with Gasteiger partial charge in [-0.05, 0) is 17.9 Å². The molecule has 118 valence electrons. The minimum atomic E-state index is -0.194. The number of nitrogens with one attached hydrogen (secondary N) is 1. The van der Waals surface area contributed by atoms with Crippen LogP contribution in [-0.2, 0) is 11.3 Å². The molecule has 4 nitrogen and oxygen atoms in total. The largest absolute Gasteiger partial charge is 0.445 e. The number of hydrogen-bond donors (Lipinski definition) is 1. The van der Waals surface area contributed by atoms with Gasteiger partial charge in [-0.15, -0.1) is 12.4 Å². The number of benzene rings is 1. The van der Waals surface area contributed by atoms with Crippen LogP contribution in [0.15, 0.2) is 30.3 Å². The number of halogens is 1.